The van der Waals surface area contributed by atoms with Crippen LogP contribution in [0, 0.1) is 39.0 Å². The molecule has 7 heteroatoms. The van der Waals surface area contributed by atoms with Gasteiger partial charge in [-0.15, -0.1) is 5.10 Å². The fourth-order valence-electron chi connectivity index (χ4n) is 2.30. The Balaban J connectivity index is 2.08. The predicted octanol–water partition coefficient (Wildman–Crippen LogP) is 2.78. The monoisotopic (exact) mass is 310 g/mol. The quantitative estimate of drug-likeness (QED) is 0.724. The van der Waals surface area contributed by atoms with E-state index in [4.69, 9.17) is 0 Å². The van der Waals surface area contributed by atoms with Crippen LogP contribution >= 0.6 is 11.8 Å². The smallest absolute Gasteiger partial charge is 0.253 e. The van der Waals surface area contributed by atoms with Crippen molar-refractivity contribution in [1.82, 2.24) is 24.6 Å². The molecule has 6 nitrogen and oxygen atoms in total. The molecule has 0 aromatic carbocycles. The molecular formula is C15H14N6S. The van der Waals surface area contributed by atoms with Crippen molar-refractivity contribution in [2.75, 3.05) is 0 Å². The summed E-state index contributed by atoms with van der Waals surface area (Å²) in [5, 5.41) is 14.4. The van der Waals surface area contributed by atoms with Gasteiger partial charge in [-0.05, 0) is 51.6 Å². The molecule has 3 aromatic rings. The normalized spacial score (nSPS) is 10.9. The van der Waals surface area contributed by atoms with Gasteiger partial charge in [0.05, 0.1) is 11.3 Å². The van der Waals surface area contributed by atoms with Crippen molar-refractivity contribution < 1.29 is 0 Å². The molecule has 3 aromatic heterocycles. The third kappa shape index (κ3) is 2.53. The minimum Gasteiger partial charge on any atom is -0.257 e. The zero-order valence-corrected chi connectivity index (χ0v) is 13.6. The number of nitrogens with zero attached hydrogens (tertiary/aromatic N) is 6. The second-order valence-electron chi connectivity index (χ2n) is 5.08. The first-order valence-electron chi connectivity index (χ1n) is 6.75. The number of nitriles is 1. The Bertz CT molecular complexity index is 922. The third-order valence-electron chi connectivity index (χ3n) is 3.20. The molecule has 110 valence electrons. The molecule has 3 heterocycles. The molecule has 22 heavy (non-hydrogen) atoms. The van der Waals surface area contributed by atoms with E-state index in [0.29, 0.717) is 16.5 Å². The molecule has 0 saturated heterocycles. The number of rotatable bonds is 2. The van der Waals surface area contributed by atoms with Gasteiger partial charge < -0.3 is 0 Å². The summed E-state index contributed by atoms with van der Waals surface area (Å²) in [5.74, 6) is 0.570. The van der Waals surface area contributed by atoms with E-state index in [1.807, 2.05) is 39.8 Å². The van der Waals surface area contributed by atoms with Gasteiger partial charge in [-0.3, -0.25) is 4.98 Å². The van der Waals surface area contributed by atoms with Crippen LogP contribution < -0.4 is 0 Å². The van der Waals surface area contributed by atoms with Gasteiger partial charge in [0.15, 0.2) is 0 Å². The number of hydrogen-bond acceptors (Lipinski definition) is 6. The highest BCUT2D eigenvalue weighted by molar-refractivity contribution is 7.99. The van der Waals surface area contributed by atoms with Crippen molar-refractivity contribution in [2.45, 2.75) is 37.7 Å². The Morgan fingerprint density at radius 1 is 1.05 bits per heavy atom. The average Bonchev–Trinajstić information content (AvgIpc) is 2.81. The van der Waals surface area contributed by atoms with Crippen molar-refractivity contribution >= 4 is 17.5 Å². The maximum Gasteiger partial charge on any atom is 0.253 e. The van der Waals surface area contributed by atoms with E-state index < -0.39 is 0 Å². The Morgan fingerprint density at radius 2 is 1.77 bits per heavy atom. The van der Waals surface area contributed by atoms with Crippen LogP contribution in [0.15, 0.2) is 22.2 Å². The van der Waals surface area contributed by atoms with Crippen molar-refractivity contribution in [3.05, 3.63) is 40.5 Å². The van der Waals surface area contributed by atoms with Gasteiger partial charge in [0.2, 0.25) is 5.16 Å². The summed E-state index contributed by atoms with van der Waals surface area (Å²) in [5.41, 5.74) is 4.04. The molecule has 0 radical (unpaired) electrons. The Morgan fingerprint density at radius 3 is 2.50 bits per heavy atom. The number of pyridine rings is 1. The van der Waals surface area contributed by atoms with Crippen LogP contribution in [0.3, 0.4) is 0 Å². The largest absolute Gasteiger partial charge is 0.257 e. The lowest BCUT2D eigenvalue weighted by Crippen LogP contribution is -1.97. The van der Waals surface area contributed by atoms with Gasteiger partial charge in [0.1, 0.15) is 6.07 Å². The van der Waals surface area contributed by atoms with Crippen LogP contribution in [-0.2, 0) is 0 Å². The first-order chi connectivity index (χ1) is 10.5. The standard InChI is InChI=1S/C15H14N6S/c1-8-5-10(3)21-14(18-8)19-15(20-21)22-13-6-9(2)17-11(4)12(13)7-16/h5-6H,1-4H3. The summed E-state index contributed by atoms with van der Waals surface area (Å²) in [6.45, 7) is 7.64. The van der Waals surface area contributed by atoms with Crippen molar-refractivity contribution in [3.63, 3.8) is 0 Å². The summed E-state index contributed by atoms with van der Waals surface area (Å²) >= 11 is 1.36. The lowest BCUT2D eigenvalue weighted by molar-refractivity contribution is 0.843. The average molecular weight is 310 g/mol. The molecule has 3 rings (SSSR count). The van der Waals surface area contributed by atoms with Gasteiger partial charge >= 0.3 is 0 Å². The van der Waals surface area contributed by atoms with E-state index in [0.717, 1.165) is 27.7 Å². The lowest BCUT2D eigenvalue weighted by atomic mass is 10.2. The predicted molar refractivity (Wildman–Crippen MR) is 82.8 cm³/mol. The van der Waals surface area contributed by atoms with E-state index in [9.17, 15) is 5.26 Å². The summed E-state index contributed by atoms with van der Waals surface area (Å²) in [6, 6.07) is 6.04. The van der Waals surface area contributed by atoms with Gasteiger partial charge in [0, 0.05) is 22.0 Å². The molecule has 0 aliphatic rings. The molecular weight excluding hydrogens is 296 g/mol. The maximum atomic E-state index is 9.33. The lowest BCUT2D eigenvalue weighted by Gasteiger charge is -2.04. The number of fused-ring (bicyclic) bond motifs is 1. The van der Waals surface area contributed by atoms with Gasteiger partial charge in [-0.2, -0.15) is 10.2 Å². The number of aryl methyl sites for hydroxylation is 4. The zero-order chi connectivity index (χ0) is 15.9. The molecule has 0 amide bonds. The fraction of sp³-hybridized carbons (Fsp3) is 0.267. The second-order valence-corrected chi connectivity index (χ2v) is 6.09. The minimum absolute atomic E-state index is 0.565. The van der Waals surface area contributed by atoms with Crippen LogP contribution in [0.4, 0.5) is 0 Å². The Kier molecular flexibility index (Phi) is 3.54. The second kappa shape index (κ2) is 5.39. The summed E-state index contributed by atoms with van der Waals surface area (Å²) < 4.78 is 1.71. The molecule has 0 unspecified atom stereocenters. The van der Waals surface area contributed by atoms with Crippen LogP contribution in [0.1, 0.15) is 28.3 Å². The number of hydrogen-bond donors (Lipinski definition) is 0. The minimum atomic E-state index is 0.565. The van der Waals surface area contributed by atoms with Crippen molar-refractivity contribution in [2.24, 2.45) is 0 Å². The highest BCUT2D eigenvalue weighted by Gasteiger charge is 2.14. The summed E-state index contributed by atoms with van der Waals surface area (Å²) in [6.07, 6.45) is 0. The van der Waals surface area contributed by atoms with Crippen LogP contribution in [0.5, 0.6) is 0 Å². The molecule has 0 spiro atoms. The molecule has 0 fully saturated rings. The van der Waals surface area contributed by atoms with Crippen molar-refractivity contribution in [3.8, 4) is 6.07 Å². The van der Waals surface area contributed by atoms with Gasteiger partial charge in [-0.25, -0.2) is 9.50 Å². The summed E-state index contributed by atoms with van der Waals surface area (Å²) in [7, 11) is 0. The Hall–Kier alpha value is -2.46. The molecule has 0 saturated carbocycles. The molecule has 0 N–H and O–H groups in total. The number of aromatic nitrogens is 5. The van der Waals surface area contributed by atoms with Crippen LogP contribution in [-0.4, -0.2) is 24.6 Å². The maximum absolute atomic E-state index is 9.33. The van der Waals surface area contributed by atoms with Gasteiger partial charge in [-0.1, -0.05) is 0 Å². The molecule has 0 bridgehead atoms. The zero-order valence-electron chi connectivity index (χ0n) is 12.7. The SMILES string of the molecule is Cc1cc(Sc2nc3nc(C)cc(C)n3n2)c(C#N)c(C)n1. The van der Waals surface area contributed by atoms with Gasteiger partial charge in [0.25, 0.3) is 5.78 Å². The third-order valence-corrected chi connectivity index (χ3v) is 4.10. The van der Waals surface area contributed by atoms with E-state index in [1.165, 1.54) is 11.8 Å². The fourth-order valence-corrected chi connectivity index (χ4v) is 3.27. The van der Waals surface area contributed by atoms with E-state index in [1.54, 1.807) is 4.52 Å². The Labute approximate surface area is 132 Å². The summed E-state index contributed by atoms with van der Waals surface area (Å²) in [4.78, 5) is 14.0. The van der Waals surface area contributed by atoms with Crippen LogP contribution in [0.2, 0.25) is 0 Å². The topological polar surface area (TPSA) is 79.8 Å². The highest BCUT2D eigenvalue weighted by Crippen LogP contribution is 2.30. The first kappa shape index (κ1) is 14.5. The molecule has 0 atom stereocenters. The highest BCUT2D eigenvalue weighted by atomic mass is 32.2. The molecule has 0 aliphatic carbocycles. The van der Waals surface area contributed by atoms with E-state index in [2.05, 4.69) is 26.1 Å². The van der Waals surface area contributed by atoms with E-state index >= 15 is 0 Å². The molecule has 0 aliphatic heterocycles. The van der Waals surface area contributed by atoms with Crippen molar-refractivity contribution in [1.29, 1.82) is 5.26 Å². The van der Waals surface area contributed by atoms with E-state index in [-0.39, 0.29) is 0 Å². The first-order valence-corrected chi connectivity index (χ1v) is 7.57. The van der Waals surface area contributed by atoms with Crippen LogP contribution in [0.25, 0.3) is 5.78 Å².